The Morgan fingerprint density at radius 1 is 1.42 bits per heavy atom. The maximum absolute atomic E-state index is 11.4. The third-order valence-electron chi connectivity index (χ3n) is 3.34. The smallest absolute Gasteiger partial charge is 0.355 e. The van der Waals surface area contributed by atoms with Crippen molar-refractivity contribution in [1.82, 2.24) is 9.97 Å². The molecule has 0 saturated heterocycles. The number of aryl methyl sites for hydroxylation is 2. The van der Waals surface area contributed by atoms with Crippen LogP contribution >= 0.6 is 11.3 Å². The normalized spacial score (nSPS) is 13.9. The van der Waals surface area contributed by atoms with E-state index < -0.39 is 5.97 Å². The summed E-state index contributed by atoms with van der Waals surface area (Å²) in [4.78, 5) is 22.2. The van der Waals surface area contributed by atoms with Gasteiger partial charge in [0.2, 0.25) is 0 Å². The summed E-state index contributed by atoms with van der Waals surface area (Å²) in [6.45, 7) is 0.496. The lowest BCUT2D eigenvalue weighted by atomic mass is 10.1. The fourth-order valence-corrected chi connectivity index (χ4v) is 3.78. The van der Waals surface area contributed by atoms with Crippen molar-refractivity contribution < 1.29 is 14.6 Å². The lowest BCUT2D eigenvalue weighted by Crippen LogP contribution is -2.08. The lowest BCUT2D eigenvalue weighted by Gasteiger charge is -2.04. The number of thiophene rings is 1. The molecule has 0 aliphatic heterocycles. The molecule has 0 unspecified atom stereocenters. The van der Waals surface area contributed by atoms with Gasteiger partial charge in [0.25, 0.3) is 0 Å². The SMILES string of the molecule is COCCc1nc(C(=O)O)c2c3c(sc2n1)CCC3. The summed E-state index contributed by atoms with van der Waals surface area (Å²) in [6.07, 6.45) is 3.61. The van der Waals surface area contributed by atoms with Crippen LogP contribution in [0.1, 0.15) is 33.2 Å². The molecule has 19 heavy (non-hydrogen) atoms. The zero-order valence-electron chi connectivity index (χ0n) is 10.6. The summed E-state index contributed by atoms with van der Waals surface area (Å²) >= 11 is 1.61. The van der Waals surface area contributed by atoms with E-state index in [0.717, 1.165) is 35.0 Å². The van der Waals surface area contributed by atoms with Crippen LogP contribution in [0.4, 0.5) is 0 Å². The molecule has 1 N–H and O–H groups in total. The monoisotopic (exact) mass is 278 g/mol. The minimum absolute atomic E-state index is 0.149. The van der Waals surface area contributed by atoms with Crippen LogP contribution in [0.3, 0.4) is 0 Å². The number of rotatable bonds is 4. The van der Waals surface area contributed by atoms with Crippen molar-refractivity contribution in [3.05, 3.63) is 22.0 Å². The van der Waals surface area contributed by atoms with Gasteiger partial charge in [-0.15, -0.1) is 11.3 Å². The van der Waals surface area contributed by atoms with Crippen molar-refractivity contribution in [3.8, 4) is 0 Å². The number of hydrogen-bond donors (Lipinski definition) is 1. The molecule has 0 aromatic carbocycles. The summed E-state index contributed by atoms with van der Waals surface area (Å²) < 4.78 is 5.00. The van der Waals surface area contributed by atoms with E-state index in [9.17, 15) is 9.90 Å². The molecule has 1 aliphatic carbocycles. The van der Waals surface area contributed by atoms with Gasteiger partial charge in [0.15, 0.2) is 5.69 Å². The first kappa shape index (κ1) is 12.5. The van der Waals surface area contributed by atoms with Crippen LogP contribution in [0.5, 0.6) is 0 Å². The topological polar surface area (TPSA) is 72.3 Å². The number of fused-ring (bicyclic) bond motifs is 3. The van der Waals surface area contributed by atoms with Crippen molar-refractivity contribution in [2.75, 3.05) is 13.7 Å². The average Bonchev–Trinajstić information content (AvgIpc) is 2.94. The molecule has 0 atom stereocenters. The number of carboxylic acid groups (broad SMARTS) is 1. The molecular formula is C13H14N2O3S. The van der Waals surface area contributed by atoms with Crippen molar-refractivity contribution in [2.24, 2.45) is 0 Å². The van der Waals surface area contributed by atoms with Gasteiger partial charge < -0.3 is 9.84 Å². The van der Waals surface area contributed by atoms with Crippen LogP contribution < -0.4 is 0 Å². The minimum atomic E-state index is -0.974. The molecule has 0 spiro atoms. The van der Waals surface area contributed by atoms with Crippen LogP contribution in [0, 0.1) is 0 Å². The van der Waals surface area contributed by atoms with Crippen molar-refractivity contribution in [2.45, 2.75) is 25.7 Å². The average molecular weight is 278 g/mol. The number of ether oxygens (including phenoxy) is 1. The highest BCUT2D eigenvalue weighted by Gasteiger charge is 2.24. The molecule has 0 amide bonds. The van der Waals surface area contributed by atoms with E-state index in [1.165, 1.54) is 4.88 Å². The molecule has 1 aliphatic rings. The van der Waals surface area contributed by atoms with Crippen molar-refractivity contribution in [3.63, 3.8) is 0 Å². The Labute approximate surface area is 114 Å². The lowest BCUT2D eigenvalue weighted by molar-refractivity contribution is 0.0692. The molecule has 5 nitrogen and oxygen atoms in total. The van der Waals surface area contributed by atoms with Gasteiger partial charge in [0, 0.05) is 23.8 Å². The highest BCUT2D eigenvalue weighted by Crippen LogP contribution is 2.37. The number of carbonyl (C=O) groups is 1. The van der Waals surface area contributed by atoms with Crippen LogP contribution in [-0.4, -0.2) is 34.8 Å². The summed E-state index contributed by atoms with van der Waals surface area (Å²) in [5.41, 5.74) is 1.30. The van der Waals surface area contributed by atoms with E-state index in [0.29, 0.717) is 18.9 Å². The number of hydrogen-bond acceptors (Lipinski definition) is 5. The molecular weight excluding hydrogens is 264 g/mol. The van der Waals surface area contributed by atoms with E-state index >= 15 is 0 Å². The standard InChI is InChI=1S/C13H14N2O3S/c1-18-6-5-9-14-11(13(16)17)10-7-3-2-4-8(7)19-12(10)15-9/h2-6H2,1H3,(H,16,17). The van der Waals surface area contributed by atoms with Gasteiger partial charge in [0.05, 0.1) is 6.61 Å². The molecule has 2 aromatic heterocycles. The summed E-state index contributed by atoms with van der Waals surface area (Å²) in [7, 11) is 1.61. The largest absolute Gasteiger partial charge is 0.476 e. The van der Waals surface area contributed by atoms with Crippen LogP contribution in [0.15, 0.2) is 0 Å². The van der Waals surface area contributed by atoms with E-state index in [1.54, 1.807) is 18.4 Å². The first-order chi connectivity index (χ1) is 9.20. The molecule has 2 heterocycles. The zero-order chi connectivity index (χ0) is 13.4. The fraction of sp³-hybridized carbons (Fsp3) is 0.462. The van der Waals surface area contributed by atoms with Crippen molar-refractivity contribution >= 4 is 27.5 Å². The summed E-state index contributed by atoms with van der Waals surface area (Å²) in [5.74, 6) is -0.426. The molecule has 0 saturated carbocycles. The van der Waals surface area contributed by atoms with E-state index in [1.807, 2.05) is 0 Å². The second-order valence-electron chi connectivity index (χ2n) is 4.57. The van der Waals surface area contributed by atoms with Gasteiger partial charge in [-0.05, 0) is 24.8 Å². The summed E-state index contributed by atoms with van der Waals surface area (Å²) in [6, 6.07) is 0. The van der Waals surface area contributed by atoms with Gasteiger partial charge >= 0.3 is 5.97 Å². The molecule has 0 fully saturated rings. The van der Waals surface area contributed by atoms with Gasteiger partial charge in [-0.1, -0.05) is 0 Å². The Hall–Kier alpha value is -1.53. The maximum Gasteiger partial charge on any atom is 0.355 e. The quantitative estimate of drug-likeness (QED) is 0.927. The van der Waals surface area contributed by atoms with E-state index in [4.69, 9.17) is 4.74 Å². The molecule has 6 heteroatoms. The number of carboxylic acids is 1. The zero-order valence-corrected chi connectivity index (χ0v) is 11.4. The van der Waals surface area contributed by atoms with E-state index in [2.05, 4.69) is 9.97 Å². The first-order valence-corrected chi connectivity index (χ1v) is 7.05. The second kappa shape index (κ2) is 4.86. The molecule has 3 rings (SSSR count). The number of nitrogens with zero attached hydrogens (tertiary/aromatic N) is 2. The van der Waals surface area contributed by atoms with E-state index in [-0.39, 0.29) is 5.69 Å². The number of aromatic nitrogens is 2. The predicted octanol–water partition coefficient (Wildman–Crippen LogP) is 2.07. The predicted molar refractivity (Wildman–Crippen MR) is 72.0 cm³/mol. The Balaban J connectivity index is 2.17. The van der Waals surface area contributed by atoms with Gasteiger partial charge in [0.1, 0.15) is 10.7 Å². The third kappa shape index (κ3) is 2.11. The first-order valence-electron chi connectivity index (χ1n) is 6.24. The molecule has 0 radical (unpaired) electrons. The van der Waals surface area contributed by atoms with Crippen LogP contribution in [-0.2, 0) is 24.0 Å². The Kier molecular flexibility index (Phi) is 3.20. The second-order valence-corrected chi connectivity index (χ2v) is 5.66. The Bertz CT molecular complexity index is 651. The van der Waals surface area contributed by atoms with Crippen LogP contribution in [0.25, 0.3) is 10.2 Å². The number of methoxy groups -OCH3 is 1. The fourth-order valence-electron chi connectivity index (χ4n) is 2.50. The molecule has 2 aromatic rings. The Morgan fingerprint density at radius 3 is 3.00 bits per heavy atom. The number of aromatic carboxylic acids is 1. The van der Waals surface area contributed by atoms with Gasteiger partial charge in [-0.25, -0.2) is 14.8 Å². The highest BCUT2D eigenvalue weighted by atomic mass is 32.1. The summed E-state index contributed by atoms with van der Waals surface area (Å²) in [5, 5.41) is 10.1. The third-order valence-corrected chi connectivity index (χ3v) is 4.53. The van der Waals surface area contributed by atoms with Gasteiger partial charge in [-0.2, -0.15) is 0 Å². The minimum Gasteiger partial charge on any atom is -0.476 e. The Morgan fingerprint density at radius 2 is 2.26 bits per heavy atom. The molecule has 0 bridgehead atoms. The maximum atomic E-state index is 11.4. The van der Waals surface area contributed by atoms with Crippen molar-refractivity contribution in [1.29, 1.82) is 0 Å². The molecule has 100 valence electrons. The van der Waals surface area contributed by atoms with Crippen LogP contribution in [0.2, 0.25) is 0 Å². The highest BCUT2D eigenvalue weighted by molar-refractivity contribution is 7.19. The van der Waals surface area contributed by atoms with Gasteiger partial charge in [-0.3, -0.25) is 0 Å².